The van der Waals surface area contributed by atoms with Gasteiger partial charge < -0.3 is 36.0 Å². The van der Waals surface area contributed by atoms with Gasteiger partial charge in [0.1, 0.15) is 11.9 Å². The van der Waals surface area contributed by atoms with Crippen molar-refractivity contribution in [1.29, 1.82) is 0 Å². The molecule has 3 atom stereocenters. The minimum Gasteiger partial charge on any atom is -0.480 e. The molecule has 3 aromatic rings. The van der Waals surface area contributed by atoms with Crippen LogP contribution in [0.2, 0.25) is 5.02 Å². The number of alkyl halides is 3. The van der Waals surface area contributed by atoms with Crippen molar-refractivity contribution < 1.29 is 32.6 Å². The molecule has 0 aliphatic carbocycles. The minimum absolute atomic E-state index is 0.0483. The second-order valence-electron chi connectivity index (χ2n) is 12.9. The number of aliphatic carboxylic acids is 1. The molecule has 0 bridgehead atoms. The Balaban J connectivity index is 1.27. The number of ether oxygens (including phenoxy) is 1. The van der Waals surface area contributed by atoms with Gasteiger partial charge in [-0.3, -0.25) is 9.59 Å². The van der Waals surface area contributed by atoms with Gasteiger partial charge in [-0.05, 0) is 66.5 Å². The molecule has 1 aromatic heterocycles. The number of hydrogen-bond acceptors (Lipinski definition) is 9. The number of halogens is 4. The first kappa shape index (κ1) is 34.7. The quantitative estimate of drug-likeness (QED) is 0.255. The number of nitrogens with zero attached hydrogens (tertiary/aromatic N) is 4. The number of hydrogen-bond donors (Lipinski definition) is 4. The average molecular weight is 702 g/mol. The van der Waals surface area contributed by atoms with Gasteiger partial charge in [0.2, 0.25) is 17.9 Å². The van der Waals surface area contributed by atoms with E-state index in [0.717, 1.165) is 6.42 Å². The molecule has 15 heteroatoms. The van der Waals surface area contributed by atoms with E-state index in [0.29, 0.717) is 75.5 Å². The summed E-state index contributed by atoms with van der Waals surface area (Å²) in [5.41, 5.74) is 6.47. The summed E-state index contributed by atoms with van der Waals surface area (Å²) in [5, 5.41) is 16.3. The van der Waals surface area contributed by atoms with Gasteiger partial charge in [0.15, 0.2) is 0 Å². The summed E-state index contributed by atoms with van der Waals surface area (Å²) in [4.78, 5) is 36.8. The summed E-state index contributed by atoms with van der Waals surface area (Å²) in [6.45, 7) is 5.41. The summed E-state index contributed by atoms with van der Waals surface area (Å²) in [6.07, 6.45) is -4.68. The lowest BCUT2D eigenvalue weighted by Gasteiger charge is -2.43. The monoisotopic (exact) mass is 701 g/mol. The standard InChI is InChI=1S/C34H39ClF3N7O4/c1-2-26-33(19-25(41-26)31(47)48)8-12-44(13-9-33)27-18-28(43-32(39)42-27)49-29(34(36,37)38)23-7-6-22(35)17-24(23)20-4-3-5-21(16-20)30(46)45-14-10-40-11-15-45/h3-7,16-18,25-26,29,40-41H,2,8-15,19H2,1H3,(H,47,48)(H2,39,42,43)/t25?,26?,29-/m1/s1. The smallest absolute Gasteiger partial charge is 0.429 e. The van der Waals surface area contributed by atoms with Gasteiger partial charge in [-0.1, -0.05) is 36.7 Å². The number of nitrogens with two attached hydrogens (primary N) is 1. The van der Waals surface area contributed by atoms with Crippen LogP contribution >= 0.6 is 11.6 Å². The lowest BCUT2D eigenvalue weighted by Crippen LogP contribution is -2.46. The maximum absolute atomic E-state index is 14.9. The van der Waals surface area contributed by atoms with Gasteiger partial charge in [-0.15, -0.1) is 0 Å². The fraction of sp³-hybridized carbons (Fsp3) is 0.471. The maximum atomic E-state index is 14.9. The molecular formula is C34H39ClF3N7O4. The van der Waals surface area contributed by atoms with Crippen molar-refractivity contribution in [2.45, 2.75) is 57.0 Å². The zero-order chi connectivity index (χ0) is 34.9. The van der Waals surface area contributed by atoms with E-state index >= 15 is 0 Å². The molecule has 0 radical (unpaired) electrons. The molecule has 49 heavy (non-hydrogen) atoms. The number of piperazine rings is 1. The number of benzene rings is 2. The van der Waals surface area contributed by atoms with Gasteiger partial charge in [-0.25, -0.2) is 0 Å². The summed E-state index contributed by atoms with van der Waals surface area (Å²) in [6, 6.07) is 11.3. The number of anilines is 2. The molecule has 1 amide bonds. The highest BCUT2D eigenvalue weighted by molar-refractivity contribution is 6.30. The number of carbonyl (C=O) groups is 2. The summed E-state index contributed by atoms with van der Waals surface area (Å²) in [7, 11) is 0. The second kappa shape index (κ2) is 14.0. The van der Waals surface area contributed by atoms with Crippen LogP contribution in [0, 0.1) is 5.41 Å². The molecule has 3 saturated heterocycles. The van der Waals surface area contributed by atoms with Crippen molar-refractivity contribution in [2.24, 2.45) is 5.41 Å². The number of carboxylic acids is 1. The number of carbonyl (C=O) groups excluding carboxylic acids is 1. The van der Waals surface area contributed by atoms with E-state index < -0.39 is 24.3 Å². The number of nitrogens with one attached hydrogen (secondary N) is 2. The van der Waals surface area contributed by atoms with Crippen molar-refractivity contribution in [3.05, 3.63) is 64.7 Å². The van der Waals surface area contributed by atoms with Crippen LogP contribution in [0.1, 0.15) is 54.6 Å². The van der Waals surface area contributed by atoms with E-state index in [1.165, 1.54) is 24.3 Å². The van der Waals surface area contributed by atoms with Crippen molar-refractivity contribution in [3.63, 3.8) is 0 Å². The molecular weight excluding hydrogens is 663 g/mol. The lowest BCUT2D eigenvalue weighted by molar-refractivity contribution is -0.198. The Morgan fingerprint density at radius 3 is 2.51 bits per heavy atom. The van der Waals surface area contributed by atoms with E-state index in [2.05, 4.69) is 20.6 Å². The highest BCUT2D eigenvalue weighted by atomic mass is 35.5. The Morgan fingerprint density at radius 2 is 1.84 bits per heavy atom. The third kappa shape index (κ3) is 7.41. The van der Waals surface area contributed by atoms with Gasteiger partial charge in [0.05, 0.1) is 0 Å². The molecule has 3 aliphatic heterocycles. The van der Waals surface area contributed by atoms with Crippen LogP contribution < -0.4 is 26.0 Å². The first-order chi connectivity index (χ1) is 23.4. The number of amides is 1. The number of piperidine rings is 1. The Morgan fingerprint density at radius 1 is 1.10 bits per heavy atom. The first-order valence-electron chi connectivity index (χ1n) is 16.4. The summed E-state index contributed by atoms with van der Waals surface area (Å²) < 4.78 is 50.2. The van der Waals surface area contributed by atoms with Crippen molar-refractivity contribution in [2.75, 3.05) is 49.9 Å². The van der Waals surface area contributed by atoms with E-state index in [1.54, 1.807) is 29.2 Å². The van der Waals surface area contributed by atoms with Gasteiger partial charge in [0.25, 0.3) is 5.91 Å². The Kier molecular flexibility index (Phi) is 9.92. The molecule has 0 saturated carbocycles. The van der Waals surface area contributed by atoms with E-state index in [-0.39, 0.29) is 45.3 Å². The topological polar surface area (TPSA) is 146 Å². The molecule has 1 spiro atoms. The predicted octanol–water partition coefficient (Wildman–Crippen LogP) is 4.92. The predicted molar refractivity (Wildman–Crippen MR) is 179 cm³/mol. The molecule has 3 fully saturated rings. The first-order valence-corrected chi connectivity index (χ1v) is 16.8. The lowest BCUT2D eigenvalue weighted by atomic mass is 9.71. The number of aromatic nitrogens is 2. The molecule has 262 valence electrons. The fourth-order valence-corrected chi connectivity index (χ4v) is 7.60. The number of rotatable bonds is 8. The second-order valence-corrected chi connectivity index (χ2v) is 13.3. The van der Waals surface area contributed by atoms with Gasteiger partial charge in [0, 0.05) is 67.5 Å². The van der Waals surface area contributed by atoms with Crippen LogP contribution in [0.5, 0.6) is 5.88 Å². The van der Waals surface area contributed by atoms with E-state index in [9.17, 15) is 27.9 Å². The van der Waals surface area contributed by atoms with E-state index in [4.69, 9.17) is 22.1 Å². The molecule has 6 rings (SSSR count). The summed E-state index contributed by atoms with van der Waals surface area (Å²) >= 11 is 6.30. The van der Waals surface area contributed by atoms with Crippen LogP contribution in [0.3, 0.4) is 0 Å². The normalized spacial score (nSPS) is 21.5. The third-order valence-electron chi connectivity index (χ3n) is 9.91. The minimum atomic E-state index is -4.88. The van der Waals surface area contributed by atoms with E-state index in [1.807, 2.05) is 11.8 Å². The fourth-order valence-electron chi connectivity index (χ4n) is 7.43. The van der Waals surface area contributed by atoms with Gasteiger partial charge in [-0.2, -0.15) is 23.1 Å². The molecule has 3 aliphatic rings. The van der Waals surface area contributed by atoms with Crippen molar-refractivity contribution >= 4 is 35.2 Å². The van der Waals surface area contributed by atoms with Crippen molar-refractivity contribution in [3.8, 4) is 17.0 Å². The van der Waals surface area contributed by atoms with Crippen LogP contribution in [0.4, 0.5) is 24.9 Å². The highest BCUT2D eigenvalue weighted by Crippen LogP contribution is 2.46. The van der Waals surface area contributed by atoms with Crippen molar-refractivity contribution in [1.82, 2.24) is 25.5 Å². The van der Waals surface area contributed by atoms with Gasteiger partial charge >= 0.3 is 12.1 Å². The Hall–Kier alpha value is -4.14. The number of nitrogen functional groups attached to an aromatic ring is 1. The zero-order valence-electron chi connectivity index (χ0n) is 27.0. The SMILES string of the molecule is CCC1NC(C(=O)O)CC12CCN(c1cc(O[C@H](c3ccc(Cl)cc3-c3cccc(C(=O)N4CCNCC4)c3)C(F)(F)F)nc(N)n1)CC2. The third-order valence-corrected chi connectivity index (χ3v) is 10.1. The number of carboxylic acid groups (broad SMARTS) is 1. The molecule has 11 nitrogen and oxygen atoms in total. The maximum Gasteiger partial charge on any atom is 0.429 e. The zero-order valence-corrected chi connectivity index (χ0v) is 27.7. The average Bonchev–Trinajstić information content (AvgIpc) is 3.45. The summed E-state index contributed by atoms with van der Waals surface area (Å²) in [5.74, 6) is -1.36. The van der Waals surface area contributed by atoms with Crippen LogP contribution in [-0.2, 0) is 4.79 Å². The Bertz CT molecular complexity index is 1700. The molecule has 2 aromatic carbocycles. The molecule has 4 heterocycles. The largest absolute Gasteiger partial charge is 0.480 e. The van der Waals surface area contributed by atoms with Crippen LogP contribution in [0.15, 0.2) is 48.5 Å². The van der Waals surface area contributed by atoms with Crippen LogP contribution in [-0.4, -0.2) is 89.4 Å². The molecule has 2 unspecified atom stereocenters. The Labute approximate surface area is 287 Å². The molecule has 5 N–H and O–H groups in total. The van der Waals surface area contributed by atoms with Crippen LogP contribution in [0.25, 0.3) is 11.1 Å². The highest BCUT2D eigenvalue weighted by Gasteiger charge is 2.50.